The Morgan fingerprint density at radius 2 is 2.11 bits per heavy atom. The van der Waals surface area contributed by atoms with E-state index in [-0.39, 0.29) is 11.3 Å². The van der Waals surface area contributed by atoms with Gasteiger partial charge in [0.1, 0.15) is 11.4 Å². The first-order valence-electron chi connectivity index (χ1n) is 5.49. The van der Waals surface area contributed by atoms with Crippen molar-refractivity contribution in [2.75, 3.05) is 0 Å². The molecule has 5 heteroatoms. The number of hydrogen-bond donors (Lipinski definition) is 1. The summed E-state index contributed by atoms with van der Waals surface area (Å²) in [5.74, 6) is -0.0848. The molecule has 0 unspecified atom stereocenters. The van der Waals surface area contributed by atoms with E-state index in [0.717, 1.165) is 16.8 Å². The van der Waals surface area contributed by atoms with Crippen LogP contribution in [0.15, 0.2) is 29.1 Å². The van der Waals surface area contributed by atoms with Gasteiger partial charge in [0, 0.05) is 6.07 Å². The quantitative estimate of drug-likeness (QED) is 0.867. The molecule has 1 N–H and O–H groups in total. The maximum absolute atomic E-state index is 11.9. The standard InChI is InChI=1S/C13H13BrN2O2/c1-8-4-3-5-11(9(8)2)16-13(18)6-12(17)10(7-14)15-16/h3-6,17H,7H2,1-2H3. The van der Waals surface area contributed by atoms with Gasteiger partial charge in [-0.25, -0.2) is 0 Å². The first-order valence-corrected chi connectivity index (χ1v) is 6.61. The lowest BCUT2D eigenvalue weighted by Crippen LogP contribution is -2.22. The molecule has 1 aromatic heterocycles. The van der Waals surface area contributed by atoms with Crippen LogP contribution >= 0.6 is 15.9 Å². The molecule has 1 heterocycles. The van der Waals surface area contributed by atoms with Crippen molar-refractivity contribution in [2.45, 2.75) is 19.2 Å². The highest BCUT2D eigenvalue weighted by atomic mass is 79.9. The molecule has 0 aliphatic rings. The average molecular weight is 309 g/mol. The van der Waals surface area contributed by atoms with Crippen molar-refractivity contribution in [1.29, 1.82) is 0 Å². The molecule has 0 radical (unpaired) electrons. The Morgan fingerprint density at radius 1 is 1.39 bits per heavy atom. The summed E-state index contributed by atoms with van der Waals surface area (Å²) >= 11 is 3.23. The Bertz CT molecular complexity index is 650. The van der Waals surface area contributed by atoms with E-state index in [0.29, 0.717) is 11.0 Å². The summed E-state index contributed by atoms with van der Waals surface area (Å²) in [7, 11) is 0. The van der Waals surface area contributed by atoms with Crippen LogP contribution in [-0.4, -0.2) is 14.9 Å². The van der Waals surface area contributed by atoms with E-state index in [2.05, 4.69) is 21.0 Å². The third-order valence-electron chi connectivity index (χ3n) is 2.92. The number of halogens is 1. The van der Waals surface area contributed by atoms with Crippen LogP contribution in [0.3, 0.4) is 0 Å². The van der Waals surface area contributed by atoms with E-state index in [9.17, 15) is 9.90 Å². The van der Waals surface area contributed by atoms with Gasteiger partial charge in [-0.3, -0.25) is 4.79 Å². The van der Waals surface area contributed by atoms with Gasteiger partial charge in [-0.15, -0.1) is 0 Å². The van der Waals surface area contributed by atoms with Crippen molar-refractivity contribution in [3.05, 3.63) is 51.4 Å². The zero-order valence-electron chi connectivity index (χ0n) is 10.1. The van der Waals surface area contributed by atoms with E-state index in [4.69, 9.17) is 0 Å². The minimum Gasteiger partial charge on any atom is -0.506 e. The molecule has 0 aliphatic heterocycles. The van der Waals surface area contributed by atoms with Gasteiger partial charge in [0.15, 0.2) is 0 Å². The van der Waals surface area contributed by atoms with Crippen molar-refractivity contribution >= 4 is 15.9 Å². The summed E-state index contributed by atoms with van der Waals surface area (Å²) in [5.41, 5.74) is 2.93. The largest absolute Gasteiger partial charge is 0.506 e. The Morgan fingerprint density at radius 3 is 2.78 bits per heavy atom. The average Bonchev–Trinajstić information content (AvgIpc) is 2.34. The Kier molecular flexibility index (Phi) is 3.52. The lowest BCUT2D eigenvalue weighted by Gasteiger charge is -2.11. The molecule has 18 heavy (non-hydrogen) atoms. The maximum atomic E-state index is 11.9. The summed E-state index contributed by atoms with van der Waals surface area (Å²) in [6.07, 6.45) is 0. The van der Waals surface area contributed by atoms with E-state index >= 15 is 0 Å². The van der Waals surface area contributed by atoms with Crippen LogP contribution in [0, 0.1) is 13.8 Å². The van der Waals surface area contributed by atoms with Gasteiger partial charge >= 0.3 is 0 Å². The Labute approximate surface area is 113 Å². The van der Waals surface area contributed by atoms with Crippen LogP contribution in [0.1, 0.15) is 16.8 Å². The number of aromatic nitrogens is 2. The fraction of sp³-hybridized carbons (Fsp3) is 0.231. The molecule has 1 aromatic carbocycles. The van der Waals surface area contributed by atoms with Gasteiger partial charge in [-0.2, -0.15) is 9.78 Å². The third-order valence-corrected chi connectivity index (χ3v) is 3.45. The highest BCUT2D eigenvalue weighted by Crippen LogP contribution is 2.18. The van der Waals surface area contributed by atoms with Crippen molar-refractivity contribution in [3.8, 4) is 11.4 Å². The highest BCUT2D eigenvalue weighted by molar-refractivity contribution is 9.08. The second-order valence-corrected chi connectivity index (χ2v) is 4.64. The molecule has 2 rings (SSSR count). The molecule has 0 bridgehead atoms. The van der Waals surface area contributed by atoms with Gasteiger partial charge < -0.3 is 5.11 Å². The predicted octanol–water partition coefficient (Wildman–Crippen LogP) is 2.45. The number of alkyl halides is 1. The molecule has 0 spiro atoms. The fourth-order valence-corrected chi connectivity index (χ4v) is 2.11. The number of benzene rings is 1. The lowest BCUT2D eigenvalue weighted by atomic mass is 10.1. The van der Waals surface area contributed by atoms with Crippen molar-refractivity contribution in [1.82, 2.24) is 9.78 Å². The number of nitrogens with zero attached hydrogens (tertiary/aromatic N) is 2. The smallest absolute Gasteiger partial charge is 0.275 e. The molecule has 0 fully saturated rings. The number of aromatic hydroxyl groups is 1. The first kappa shape index (κ1) is 12.8. The summed E-state index contributed by atoms with van der Waals surface area (Å²) < 4.78 is 1.32. The molecule has 0 aliphatic carbocycles. The predicted molar refractivity (Wildman–Crippen MR) is 73.6 cm³/mol. The van der Waals surface area contributed by atoms with E-state index in [1.807, 2.05) is 32.0 Å². The summed E-state index contributed by atoms with van der Waals surface area (Å²) in [6, 6.07) is 6.89. The van der Waals surface area contributed by atoms with Gasteiger partial charge in [0.2, 0.25) is 0 Å². The molecular weight excluding hydrogens is 296 g/mol. The summed E-state index contributed by atoms with van der Waals surface area (Å²) in [4.78, 5) is 11.9. The van der Waals surface area contributed by atoms with Crippen LogP contribution in [0.25, 0.3) is 5.69 Å². The van der Waals surface area contributed by atoms with Crippen molar-refractivity contribution in [3.63, 3.8) is 0 Å². The molecule has 94 valence electrons. The Hall–Kier alpha value is -1.62. The molecule has 4 nitrogen and oxygen atoms in total. The van der Waals surface area contributed by atoms with E-state index < -0.39 is 0 Å². The zero-order chi connectivity index (χ0) is 13.3. The molecule has 2 aromatic rings. The summed E-state index contributed by atoms with van der Waals surface area (Å²) in [6.45, 7) is 3.93. The van der Waals surface area contributed by atoms with E-state index in [1.165, 1.54) is 10.7 Å². The van der Waals surface area contributed by atoms with E-state index in [1.54, 1.807) is 0 Å². The normalized spacial score (nSPS) is 10.6. The van der Waals surface area contributed by atoms with Crippen molar-refractivity contribution in [2.24, 2.45) is 0 Å². The van der Waals surface area contributed by atoms with Gasteiger partial charge in [-0.1, -0.05) is 28.1 Å². The summed E-state index contributed by atoms with van der Waals surface area (Å²) in [5, 5.41) is 14.1. The molecule has 0 atom stereocenters. The lowest BCUT2D eigenvalue weighted by molar-refractivity contribution is 0.460. The second kappa shape index (κ2) is 4.94. The number of aryl methyl sites for hydroxylation is 1. The maximum Gasteiger partial charge on any atom is 0.275 e. The van der Waals surface area contributed by atoms with Crippen LogP contribution in [0.2, 0.25) is 0 Å². The molecule has 0 saturated carbocycles. The molecule has 0 saturated heterocycles. The van der Waals surface area contributed by atoms with Crippen LogP contribution in [0.4, 0.5) is 0 Å². The second-order valence-electron chi connectivity index (χ2n) is 4.08. The topological polar surface area (TPSA) is 55.1 Å². The number of hydrogen-bond acceptors (Lipinski definition) is 3. The third kappa shape index (κ3) is 2.18. The SMILES string of the molecule is Cc1cccc(-n2nc(CBr)c(O)cc2=O)c1C. The van der Waals surface area contributed by atoms with Crippen molar-refractivity contribution < 1.29 is 5.11 Å². The van der Waals surface area contributed by atoms with Gasteiger partial charge in [0.25, 0.3) is 5.56 Å². The molecular formula is C13H13BrN2O2. The first-order chi connectivity index (χ1) is 8.54. The monoisotopic (exact) mass is 308 g/mol. The minimum atomic E-state index is -0.342. The van der Waals surface area contributed by atoms with Gasteiger partial charge in [0.05, 0.1) is 11.0 Å². The fourth-order valence-electron chi connectivity index (χ4n) is 1.72. The number of rotatable bonds is 2. The molecule has 0 amide bonds. The minimum absolute atomic E-state index is 0.0848. The highest BCUT2D eigenvalue weighted by Gasteiger charge is 2.10. The zero-order valence-corrected chi connectivity index (χ0v) is 11.7. The van der Waals surface area contributed by atoms with Crippen LogP contribution in [-0.2, 0) is 5.33 Å². The van der Waals surface area contributed by atoms with Gasteiger partial charge in [-0.05, 0) is 31.0 Å². The van der Waals surface area contributed by atoms with Crippen LogP contribution < -0.4 is 5.56 Å². The van der Waals surface area contributed by atoms with Crippen LogP contribution in [0.5, 0.6) is 5.75 Å². The Balaban J connectivity index is 2.71.